The monoisotopic (exact) mass is 476 g/mol. The van der Waals surface area contributed by atoms with Gasteiger partial charge in [0.05, 0.1) is 12.9 Å². The summed E-state index contributed by atoms with van der Waals surface area (Å²) >= 11 is 1.33. The summed E-state index contributed by atoms with van der Waals surface area (Å²) in [5, 5.41) is 9.46. The van der Waals surface area contributed by atoms with E-state index < -0.39 is 0 Å². The number of aryl methyl sites for hydroxylation is 1. The average molecular weight is 477 g/mol. The predicted molar refractivity (Wildman–Crippen MR) is 132 cm³/mol. The van der Waals surface area contributed by atoms with Gasteiger partial charge in [0.25, 0.3) is 0 Å². The summed E-state index contributed by atoms with van der Waals surface area (Å²) < 4.78 is 20.4. The molecule has 0 N–H and O–H groups in total. The lowest BCUT2D eigenvalue weighted by Gasteiger charge is -2.17. The second-order valence-electron chi connectivity index (χ2n) is 7.87. The van der Waals surface area contributed by atoms with Gasteiger partial charge in [-0.15, -0.1) is 10.2 Å². The lowest BCUT2D eigenvalue weighted by atomic mass is 10.1. The number of thioether (sulfide) groups is 1. The van der Waals surface area contributed by atoms with Crippen LogP contribution in [0.15, 0.2) is 78.0 Å². The van der Waals surface area contributed by atoms with Gasteiger partial charge >= 0.3 is 0 Å². The highest BCUT2D eigenvalue weighted by molar-refractivity contribution is 7.99. The molecule has 0 fully saturated rings. The van der Waals surface area contributed by atoms with Crippen molar-refractivity contribution >= 4 is 17.7 Å². The molecule has 0 saturated carbocycles. The number of carbonyl (C=O) groups excluding carboxylic acids is 1. The summed E-state index contributed by atoms with van der Waals surface area (Å²) in [5.41, 5.74) is 3.80. The number of benzene rings is 3. The van der Waals surface area contributed by atoms with E-state index in [1.807, 2.05) is 54.0 Å². The van der Waals surface area contributed by atoms with E-state index in [2.05, 4.69) is 16.3 Å². The smallest absolute Gasteiger partial charge is 0.233 e. The molecule has 1 aromatic heterocycles. The molecule has 1 amide bonds. The molecule has 1 heterocycles. The first-order valence-corrected chi connectivity index (χ1v) is 11.7. The van der Waals surface area contributed by atoms with Gasteiger partial charge in [-0.3, -0.25) is 9.36 Å². The standard InChI is InChI=1S/C26H25FN4O2S/c1-18-5-4-6-20(15-18)25-28-29-26(31(25)22-11-13-23(33-3)14-12-22)34-17-24(32)30(2)16-19-7-9-21(27)10-8-19/h4-15H,16-17H2,1-3H3. The molecular formula is C26H25FN4O2S. The van der Waals surface area contributed by atoms with E-state index in [1.54, 1.807) is 31.2 Å². The van der Waals surface area contributed by atoms with Gasteiger partial charge in [0.1, 0.15) is 11.6 Å². The lowest BCUT2D eigenvalue weighted by molar-refractivity contribution is -0.127. The molecule has 0 radical (unpaired) electrons. The number of methoxy groups -OCH3 is 1. The van der Waals surface area contributed by atoms with Crippen LogP contribution in [0, 0.1) is 12.7 Å². The third-order valence-electron chi connectivity index (χ3n) is 5.32. The first kappa shape index (κ1) is 23.5. The Morgan fingerprint density at radius 2 is 1.79 bits per heavy atom. The molecule has 8 heteroatoms. The SMILES string of the molecule is COc1ccc(-n2c(SCC(=O)N(C)Cc3ccc(F)cc3)nnc2-c2cccc(C)c2)cc1. The van der Waals surface area contributed by atoms with Crippen molar-refractivity contribution in [2.45, 2.75) is 18.6 Å². The third-order valence-corrected chi connectivity index (χ3v) is 6.24. The van der Waals surface area contributed by atoms with Gasteiger partial charge in [-0.1, -0.05) is 47.7 Å². The normalized spacial score (nSPS) is 10.8. The number of carbonyl (C=O) groups is 1. The van der Waals surface area contributed by atoms with Crippen molar-refractivity contribution in [3.63, 3.8) is 0 Å². The van der Waals surface area contributed by atoms with Crippen LogP contribution in [-0.2, 0) is 11.3 Å². The Morgan fingerprint density at radius 1 is 1.06 bits per heavy atom. The number of aromatic nitrogens is 3. The Kier molecular flexibility index (Phi) is 7.27. The van der Waals surface area contributed by atoms with Crippen molar-refractivity contribution in [2.24, 2.45) is 0 Å². The van der Waals surface area contributed by atoms with Crippen LogP contribution in [0.2, 0.25) is 0 Å². The van der Waals surface area contributed by atoms with E-state index in [1.165, 1.54) is 23.9 Å². The van der Waals surface area contributed by atoms with Crippen molar-refractivity contribution < 1.29 is 13.9 Å². The maximum Gasteiger partial charge on any atom is 0.233 e. The van der Waals surface area contributed by atoms with Gasteiger partial charge in [-0.2, -0.15) is 0 Å². The summed E-state index contributed by atoms with van der Waals surface area (Å²) in [4.78, 5) is 14.4. The number of ether oxygens (including phenoxy) is 1. The Hall–Kier alpha value is -3.65. The fraction of sp³-hybridized carbons (Fsp3) is 0.192. The van der Waals surface area contributed by atoms with E-state index >= 15 is 0 Å². The molecule has 0 aliphatic rings. The summed E-state index contributed by atoms with van der Waals surface area (Å²) in [7, 11) is 3.36. The molecule has 0 bridgehead atoms. The molecule has 4 rings (SSSR count). The molecule has 174 valence electrons. The molecule has 0 atom stereocenters. The van der Waals surface area contributed by atoms with Crippen LogP contribution in [0.5, 0.6) is 5.75 Å². The van der Waals surface area contributed by atoms with Crippen molar-refractivity contribution in [2.75, 3.05) is 19.9 Å². The molecule has 34 heavy (non-hydrogen) atoms. The van der Waals surface area contributed by atoms with Gasteiger partial charge in [0.15, 0.2) is 11.0 Å². The van der Waals surface area contributed by atoms with E-state index in [0.29, 0.717) is 17.5 Å². The average Bonchev–Trinajstić information content (AvgIpc) is 3.28. The maximum atomic E-state index is 13.2. The molecule has 0 unspecified atom stereocenters. The Morgan fingerprint density at radius 3 is 2.47 bits per heavy atom. The minimum atomic E-state index is -0.296. The van der Waals surface area contributed by atoms with Crippen LogP contribution >= 0.6 is 11.8 Å². The van der Waals surface area contributed by atoms with Crippen LogP contribution < -0.4 is 4.74 Å². The van der Waals surface area contributed by atoms with E-state index in [9.17, 15) is 9.18 Å². The van der Waals surface area contributed by atoms with E-state index in [-0.39, 0.29) is 17.5 Å². The van der Waals surface area contributed by atoms with Crippen LogP contribution in [0.25, 0.3) is 17.1 Å². The summed E-state index contributed by atoms with van der Waals surface area (Å²) in [5.74, 6) is 1.29. The van der Waals surface area contributed by atoms with Crippen molar-refractivity contribution in [3.8, 4) is 22.8 Å². The van der Waals surface area contributed by atoms with Crippen LogP contribution in [-0.4, -0.2) is 45.5 Å². The number of hydrogen-bond donors (Lipinski definition) is 0. The van der Waals surface area contributed by atoms with Crippen LogP contribution in [0.4, 0.5) is 4.39 Å². The highest BCUT2D eigenvalue weighted by atomic mass is 32.2. The van der Waals surface area contributed by atoms with Gasteiger partial charge < -0.3 is 9.64 Å². The number of nitrogens with zero attached hydrogens (tertiary/aromatic N) is 4. The molecule has 0 spiro atoms. The minimum Gasteiger partial charge on any atom is -0.497 e. The number of halogens is 1. The molecule has 3 aromatic carbocycles. The van der Waals surface area contributed by atoms with Gasteiger partial charge in [0.2, 0.25) is 5.91 Å². The lowest BCUT2D eigenvalue weighted by Crippen LogP contribution is -2.27. The van der Waals surface area contributed by atoms with Gasteiger partial charge in [0, 0.05) is 24.8 Å². The Balaban J connectivity index is 1.57. The largest absolute Gasteiger partial charge is 0.497 e. The summed E-state index contributed by atoms with van der Waals surface area (Å²) in [6.45, 7) is 2.43. The second kappa shape index (κ2) is 10.5. The zero-order chi connectivity index (χ0) is 24.1. The maximum absolute atomic E-state index is 13.2. The summed E-state index contributed by atoms with van der Waals surface area (Å²) in [6, 6.07) is 21.9. The highest BCUT2D eigenvalue weighted by Crippen LogP contribution is 2.29. The highest BCUT2D eigenvalue weighted by Gasteiger charge is 2.19. The topological polar surface area (TPSA) is 60.2 Å². The summed E-state index contributed by atoms with van der Waals surface area (Å²) in [6.07, 6.45) is 0. The van der Waals surface area contributed by atoms with Crippen LogP contribution in [0.3, 0.4) is 0 Å². The fourth-order valence-electron chi connectivity index (χ4n) is 3.49. The van der Waals surface area contributed by atoms with Crippen molar-refractivity contribution in [1.82, 2.24) is 19.7 Å². The number of hydrogen-bond acceptors (Lipinski definition) is 5. The van der Waals surface area contributed by atoms with Crippen molar-refractivity contribution in [1.29, 1.82) is 0 Å². The molecular weight excluding hydrogens is 451 g/mol. The van der Waals surface area contributed by atoms with Crippen LogP contribution in [0.1, 0.15) is 11.1 Å². The zero-order valence-corrected chi connectivity index (χ0v) is 20.1. The quantitative estimate of drug-likeness (QED) is 0.330. The fourth-order valence-corrected chi connectivity index (χ4v) is 4.38. The molecule has 0 saturated heterocycles. The predicted octanol–water partition coefficient (Wildman–Crippen LogP) is 5.14. The third kappa shape index (κ3) is 5.46. The van der Waals surface area contributed by atoms with Crippen molar-refractivity contribution in [3.05, 3.63) is 89.7 Å². The molecule has 0 aliphatic heterocycles. The second-order valence-corrected chi connectivity index (χ2v) is 8.82. The first-order chi connectivity index (χ1) is 16.4. The molecule has 6 nitrogen and oxygen atoms in total. The first-order valence-electron chi connectivity index (χ1n) is 10.7. The van der Waals surface area contributed by atoms with Gasteiger partial charge in [-0.05, 0) is 55.0 Å². The van der Waals surface area contributed by atoms with Gasteiger partial charge in [-0.25, -0.2) is 4.39 Å². The number of rotatable bonds is 8. The number of amides is 1. The molecule has 0 aliphatic carbocycles. The molecule has 4 aromatic rings. The van der Waals surface area contributed by atoms with E-state index in [0.717, 1.165) is 28.1 Å². The zero-order valence-electron chi connectivity index (χ0n) is 19.2. The Bertz CT molecular complexity index is 1270. The van der Waals surface area contributed by atoms with E-state index in [4.69, 9.17) is 4.74 Å². The minimum absolute atomic E-state index is 0.0595. The Labute approximate surface area is 202 Å².